The number of fused-ring (bicyclic) bond motifs is 1. The number of quaternary nitrogens is 1. The fourth-order valence-electron chi connectivity index (χ4n) is 3.91. The van der Waals surface area contributed by atoms with Crippen LogP contribution in [0.15, 0.2) is 46.2 Å². The number of imidazole rings is 1. The molecule has 2 aromatic heterocycles. The number of aryl methyl sites for hydroxylation is 1. The van der Waals surface area contributed by atoms with Crippen molar-refractivity contribution in [1.82, 2.24) is 18.7 Å². The van der Waals surface area contributed by atoms with Crippen LogP contribution in [0.3, 0.4) is 0 Å². The Labute approximate surface area is 158 Å². The number of hydrogen-bond donors (Lipinski definition) is 0. The Bertz CT molecular complexity index is 1060. The monoisotopic (exact) mass is 370 g/mol. The summed E-state index contributed by atoms with van der Waals surface area (Å²) in [5.74, 6) is 0.336. The Morgan fingerprint density at radius 2 is 1.74 bits per heavy atom. The lowest BCUT2D eigenvalue weighted by molar-refractivity contribution is -0.906. The fourth-order valence-corrected chi connectivity index (χ4v) is 3.91. The lowest BCUT2D eigenvalue weighted by atomic mass is 10.1. The third-order valence-corrected chi connectivity index (χ3v) is 4.98. The van der Waals surface area contributed by atoms with Crippen molar-refractivity contribution in [3.63, 3.8) is 0 Å². The van der Waals surface area contributed by atoms with Gasteiger partial charge in [-0.05, 0) is 0 Å². The first-order valence-corrected chi connectivity index (χ1v) is 9.16. The minimum atomic E-state index is -0.355. The highest BCUT2D eigenvalue weighted by molar-refractivity contribution is 5.69. The lowest BCUT2D eigenvalue weighted by Gasteiger charge is -2.32. The molecule has 2 heterocycles. The van der Waals surface area contributed by atoms with Crippen LogP contribution in [0.2, 0.25) is 0 Å². The lowest BCUT2D eigenvalue weighted by Crippen LogP contribution is -2.43. The molecule has 0 N–H and O–H groups in total. The molecule has 3 aromatic rings. The normalized spacial score (nSPS) is 13.2. The van der Waals surface area contributed by atoms with Crippen LogP contribution in [0, 0.1) is 5.92 Å². The highest BCUT2D eigenvalue weighted by atomic mass is 16.2. The molecule has 0 aliphatic heterocycles. The molecule has 0 aliphatic carbocycles. The molecule has 0 saturated heterocycles. The molecule has 0 aliphatic rings. The van der Waals surface area contributed by atoms with Gasteiger partial charge in [-0.25, -0.2) is 9.78 Å². The van der Waals surface area contributed by atoms with Gasteiger partial charge in [0.2, 0.25) is 0 Å². The Morgan fingerprint density at radius 1 is 1.07 bits per heavy atom. The first kappa shape index (κ1) is 19.1. The maximum Gasteiger partial charge on any atom is 0.332 e. The summed E-state index contributed by atoms with van der Waals surface area (Å²) < 4.78 is 5.30. The Morgan fingerprint density at radius 3 is 2.41 bits per heavy atom. The van der Waals surface area contributed by atoms with E-state index in [9.17, 15) is 9.59 Å². The minimum Gasteiger partial charge on any atom is -0.324 e. The van der Waals surface area contributed by atoms with Gasteiger partial charge in [0, 0.05) is 32.1 Å². The summed E-state index contributed by atoms with van der Waals surface area (Å²) >= 11 is 0. The van der Waals surface area contributed by atoms with Gasteiger partial charge in [0.1, 0.15) is 6.54 Å². The highest BCUT2D eigenvalue weighted by Gasteiger charge is 2.22. The van der Waals surface area contributed by atoms with Crippen LogP contribution < -0.4 is 11.2 Å². The molecule has 0 radical (unpaired) electrons. The van der Waals surface area contributed by atoms with E-state index >= 15 is 0 Å². The van der Waals surface area contributed by atoms with Crippen LogP contribution in [-0.4, -0.2) is 43.8 Å². The molecular weight excluding hydrogens is 342 g/mol. The first-order chi connectivity index (χ1) is 12.7. The van der Waals surface area contributed by atoms with E-state index in [2.05, 4.69) is 50.3 Å². The van der Waals surface area contributed by atoms with Crippen LogP contribution in [0.5, 0.6) is 0 Å². The second-order valence-electron chi connectivity index (χ2n) is 8.14. The third kappa shape index (κ3) is 3.88. The molecular formula is C20H28N5O2+. The van der Waals surface area contributed by atoms with Crippen LogP contribution in [0.25, 0.3) is 11.2 Å². The Kier molecular flexibility index (Phi) is 5.06. The third-order valence-electron chi connectivity index (χ3n) is 4.98. The highest BCUT2D eigenvalue weighted by Crippen LogP contribution is 2.15. The minimum absolute atomic E-state index is 0.296. The fraction of sp³-hybridized carbons (Fsp3) is 0.450. The predicted molar refractivity (Wildman–Crippen MR) is 107 cm³/mol. The van der Waals surface area contributed by atoms with Crippen LogP contribution >= 0.6 is 0 Å². The van der Waals surface area contributed by atoms with Gasteiger partial charge in [-0.1, -0.05) is 37.3 Å². The van der Waals surface area contributed by atoms with Gasteiger partial charge in [-0.15, -0.1) is 0 Å². The van der Waals surface area contributed by atoms with Crippen molar-refractivity contribution in [3.05, 3.63) is 63.1 Å². The molecule has 7 nitrogen and oxygen atoms in total. The number of rotatable bonds is 6. The van der Waals surface area contributed by atoms with Crippen LogP contribution in [0.1, 0.15) is 12.5 Å². The van der Waals surface area contributed by atoms with Crippen LogP contribution in [-0.2, 0) is 27.2 Å². The quantitative estimate of drug-likeness (QED) is 0.616. The maximum absolute atomic E-state index is 12.6. The van der Waals surface area contributed by atoms with Crippen molar-refractivity contribution in [1.29, 1.82) is 0 Å². The van der Waals surface area contributed by atoms with E-state index in [0.29, 0.717) is 23.6 Å². The summed E-state index contributed by atoms with van der Waals surface area (Å²) in [4.78, 5) is 29.0. The van der Waals surface area contributed by atoms with E-state index < -0.39 is 0 Å². The summed E-state index contributed by atoms with van der Waals surface area (Å²) in [6.07, 6.45) is 1.67. The van der Waals surface area contributed by atoms with E-state index in [0.717, 1.165) is 22.1 Å². The van der Waals surface area contributed by atoms with Crippen molar-refractivity contribution < 1.29 is 4.48 Å². The van der Waals surface area contributed by atoms with E-state index in [4.69, 9.17) is 0 Å². The van der Waals surface area contributed by atoms with Crippen molar-refractivity contribution in [2.24, 2.45) is 20.0 Å². The first-order valence-electron chi connectivity index (χ1n) is 9.16. The molecule has 144 valence electrons. The zero-order valence-corrected chi connectivity index (χ0v) is 16.7. The van der Waals surface area contributed by atoms with Gasteiger partial charge in [-0.3, -0.25) is 13.9 Å². The molecule has 0 saturated carbocycles. The second kappa shape index (κ2) is 7.15. The molecule has 1 atom stereocenters. The summed E-state index contributed by atoms with van der Waals surface area (Å²) in [6, 6.07) is 10.5. The van der Waals surface area contributed by atoms with E-state index in [1.165, 1.54) is 17.2 Å². The molecule has 1 aromatic carbocycles. The summed E-state index contributed by atoms with van der Waals surface area (Å²) in [7, 11) is 7.59. The Hall–Kier alpha value is -2.67. The number of aromatic nitrogens is 4. The average Bonchev–Trinajstić information content (AvgIpc) is 3.01. The maximum atomic E-state index is 12.6. The van der Waals surface area contributed by atoms with Gasteiger partial charge in [0.15, 0.2) is 11.2 Å². The van der Waals surface area contributed by atoms with Gasteiger partial charge < -0.3 is 9.05 Å². The average molecular weight is 370 g/mol. The Balaban J connectivity index is 1.81. The molecule has 0 spiro atoms. The molecule has 27 heavy (non-hydrogen) atoms. The van der Waals surface area contributed by atoms with Gasteiger partial charge in [0.05, 0.1) is 27.0 Å². The smallest absolute Gasteiger partial charge is 0.324 e. The predicted octanol–water partition coefficient (Wildman–Crippen LogP) is 1.35. The SMILES string of the molecule is CC(Cn1cnc2c1c(=O)n(C)c(=O)n2C)C[N+](C)(C)Cc1ccccc1. The van der Waals surface area contributed by atoms with Crippen molar-refractivity contribution >= 4 is 11.2 Å². The summed E-state index contributed by atoms with van der Waals surface area (Å²) in [5, 5.41) is 0. The summed E-state index contributed by atoms with van der Waals surface area (Å²) in [6.45, 7) is 4.77. The number of hydrogen-bond acceptors (Lipinski definition) is 3. The molecule has 7 heteroatoms. The number of nitrogens with zero attached hydrogens (tertiary/aromatic N) is 5. The van der Waals surface area contributed by atoms with Gasteiger partial charge in [-0.2, -0.15) is 0 Å². The molecule has 0 fully saturated rings. The van der Waals surface area contributed by atoms with Crippen molar-refractivity contribution in [2.45, 2.75) is 20.0 Å². The zero-order chi connectivity index (χ0) is 19.8. The standard InChI is InChI=1S/C20H28N5O2/c1-15(12-25(4,5)13-16-9-7-6-8-10-16)11-24-14-21-18-17(24)19(26)23(3)20(27)22(18)2/h6-10,14-15H,11-13H2,1-5H3/q+1. The molecule has 3 rings (SSSR count). The molecule has 0 bridgehead atoms. The van der Waals surface area contributed by atoms with Crippen LogP contribution in [0.4, 0.5) is 0 Å². The molecule has 0 amide bonds. The van der Waals surface area contributed by atoms with E-state index in [-0.39, 0.29) is 11.2 Å². The van der Waals surface area contributed by atoms with E-state index in [1.54, 1.807) is 13.4 Å². The van der Waals surface area contributed by atoms with Gasteiger partial charge in [0.25, 0.3) is 5.56 Å². The van der Waals surface area contributed by atoms with E-state index in [1.807, 2.05) is 10.6 Å². The summed E-state index contributed by atoms with van der Waals surface area (Å²) in [5.41, 5.74) is 1.59. The van der Waals surface area contributed by atoms with Crippen molar-refractivity contribution in [2.75, 3.05) is 20.6 Å². The van der Waals surface area contributed by atoms with Crippen molar-refractivity contribution in [3.8, 4) is 0 Å². The van der Waals surface area contributed by atoms with Gasteiger partial charge >= 0.3 is 5.69 Å². The second-order valence-corrected chi connectivity index (χ2v) is 8.14. The zero-order valence-electron chi connectivity index (χ0n) is 16.7. The largest absolute Gasteiger partial charge is 0.332 e. The topological polar surface area (TPSA) is 61.8 Å². The molecule has 1 unspecified atom stereocenters. The number of benzene rings is 1.